The summed E-state index contributed by atoms with van der Waals surface area (Å²) < 4.78 is 1.63. The minimum Gasteiger partial charge on any atom is -0.361 e. The molecular formula is C23H22N4O2S. The highest BCUT2D eigenvalue weighted by atomic mass is 32.2. The Morgan fingerprint density at radius 2 is 1.83 bits per heavy atom. The Bertz CT molecular complexity index is 1310. The molecule has 0 unspecified atom stereocenters. The van der Waals surface area contributed by atoms with Crippen molar-refractivity contribution < 1.29 is 4.79 Å². The molecule has 0 bridgehead atoms. The number of benzene rings is 2. The van der Waals surface area contributed by atoms with E-state index in [0.29, 0.717) is 23.1 Å². The molecule has 0 spiro atoms. The van der Waals surface area contributed by atoms with Crippen LogP contribution in [-0.2, 0) is 11.2 Å². The fourth-order valence-electron chi connectivity index (χ4n) is 4.29. The second kappa shape index (κ2) is 7.65. The number of aromatic amines is 1. The van der Waals surface area contributed by atoms with Gasteiger partial charge in [-0.25, -0.2) is 4.98 Å². The fourth-order valence-corrected chi connectivity index (χ4v) is 4.76. The molecule has 30 heavy (non-hydrogen) atoms. The van der Waals surface area contributed by atoms with E-state index in [1.165, 1.54) is 0 Å². The monoisotopic (exact) mass is 418 g/mol. The van der Waals surface area contributed by atoms with Gasteiger partial charge in [0.05, 0.1) is 16.9 Å². The van der Waals surface area contributed by atoms with Crippen molar-refractivity contribution in [3.8, 4) is 0 Å². The van der Waals surface area contributed by atoms with Crippen molar-refractivity contribution in [2.24, 2.45) is 0 Å². The summed E-state index contributed by atoms with van der Waals surface area (Å²) in [6.45, 7) is 0. The summed E-state index contributed by atoms with van der Waals surface area (Å²) in [6, 6.07) is 14.5. The highest BCUT2D eigenvalue weighted by Gasteiger charge is 2.35. The van der Waals surface area contributed by atoms with Gasteiger partial charge in [-0.2, -0.15) is 11.8 Å². The zero-order chi connectivity index (χ0) is 20.7. The number of fused-ring (bicyclic) bond motifs is 3. The summed E-state index contributed by atoms with van der Waals surface area (Å²) in [5.74, 6) is 1.40. The van der Waals surface area contributed by atoms with Crippen LogP contribution < -0.4 is 10.9 Å². The topological polar surface area (TPSA) is 79.8 Å². The largest absolute Gasteiger partial charge is 0.361 e. The molecule has 0 radical (unpaired) electrons. The van der Waals surface area contributed by atoms with E-state index in [1.54, 1.807) is 22.4 Å². The molecule has 0 aliphatic carbocycles. The van der Waals surface area contributed by atoms with E-state index in [1.807, 2.05) is 54.9 Å². The molecule has 2 aromatic heterocycles. The van der Waals surface area contributed by atoms with Crippen molar-refractivity contribution in [3.63, 3.8) is 0 Å². The van der Waals surface area contributed by atoms with Gasteiger partial charge in [0.25, 0.3) is 5.56 Å². The molecule has 7 heteroatoms. The van der Waals surface area contributed by atoms with Crippen LogP contribution in [0, 0.1) is 0 Å². The van der Waals surface area contributed by atoms with Crippen LogP contribution in [0.5, 0.6) is 0 Å². The average molecular weight is 419 g/mol. The maximum absolute atomic E-state index is 13.5. The molecule has 0 fully saturated rings. The Labute approximate surface area is 177 Å². The number of carbonyl (C=O) groups excluding carboxylic acids is 1. The molecule has 0 saturated heterocycles. The van der Waals surface area contributed by atoms with Crippen LogP contribution >= 0.6 is 11.8 Å². The maximum atomic E-state index is 13.5. The van der Waals surface area contributed by atoms with Crippen molar-refractivity contribution in [2.45, 2.75) is 24.9 Å². The van der Waals surface area contributed by atoms with Gasteiger partial charge in [-0.05, 0) is 42.2 Å². The number of aromatic nitrogens is 3. The summed E-state index contributed by atoms with van der Waals surface area (Å²) in [7, 11) is 0. The van der Waals surface area contributed by atoms with Gasteiger partial charge < -0.3 is 10.3 Å². The van der Waals surface area contributed by atoms with Crippen LogP contribution in [0.3, 0.4) is 0 Å². The van der Waals surface area contributed by atoms with Gasteiger partial charge in [0.15, 0.2) is 0 Å². The van der Waals surface area contributed by atoms with E-state index in [9.17, 15) is 9.59 Å². The molecule has 4 aromatic rings. The third-order valence-electron chi connectivity index (χ3n) is 5.78. The normalized spacial score (nSPS) is 18.5. The molecule has 1 amide bonds. The fraction of sp³-hybridized carbons (Fsp3) is 0.261. The van der Waals surface area contributed by atoms with Gasteiger partial charge in [-0.1, -0.05) is 30.3 Å². The summed E-state index contributed by atoms with van der Waals surface area (Å²) in [4.78, 5) is 34.7. The highest BCUT2D eigenvalue weighted by Crippen LogP contribution is 2.30. The van der Waals surface area contributed by atoms with Crippen LogP contribution in [0.1, 0.15) is 29.9 Å². The zero-order valence-corrected chi connectivity index (χ0v) is 17.4. The molecule has 152 valence electrons. The van der Waals surface area contributed by atoms with Crippen LogP contribution in [0.4, 0.5) is 0 Å². The number of rotatable bonds is 5. The number of nitrogens with one attached hydrogen (secondary N) is 2. The number of hydrogen-bond acceptors (Lipinski definition) is 4. The average Bonchev–Trinajstić information content (AvgIpc) is 3.17. The van der Waals surface area contributed by atoms with Gasteiger partial charge >= 0.3 is 0 Å². The third kappa shape index (κ3) is 3.10. The SMILES string of the molecule is CSCC[C@H]1NC(=O)[C@H](Cc2c[nH]c3ccccc23)n2c1nc1ccccc1c2=O. The van der Waals surface area contributed by atoms with Crippen LogP contribution in [0.15, 0.2) is 59.5 Å². The molecule has 3 heterocycles. The lowest BCUT2D eigenvalue weighted by Crippen LogP contribution is -2.48. The van der Waals surface area contributed by atoms with Crippen LogP contribution in [0.2, 0.25) is 0 Å². The highest BCUT2D eigenvalue weighted by molar-refractivity contribution is 7.98. The molecule has 2 N–H and O–H groups in total. The summed E-state index contributed by atoms with van der Waals surface area (Å²) >= 11 is 1.71. The predicted octanol–water partition coefficient (Wildman–Crippen LogP) is 3.59. The van der Waals surface area contributed by atoms with Gasteiger partial charge in [0.1, 0.15) is 11.9 Å². The van der Waals surface area contributed by atoms with Crippen LogP contribution in [0.25, 0.3) is 21.8 Å². The molecule has 2 aromatic carbocycles. The first-order valence-electron chi connectivity index (χ1n) is 10.0. The summed E-state index contributed by atoms with van der Waals surface area (Å²) in [6.07, 6.45) is 5.12. The molecule has 1 aliphatic rings. The van der Waals surface area contributed by atoms with E-state index in [2.05, 4.69) is 10.3 Å². The molecule has 5 rings (SSSR count). The standard InChI is InChI=1S/C23H22N4O2S/c1-30-11-10-19-21-25-18-9-5-3-7-16(18)23(29)27(21)20(22(28)26-19)12-14-13-24-17-8-4-2-6-15(14)17/h2-9,13,19-20,24H,10-12H2,1H3,(H,26,28)/t19-,20+/m1/s1. The van der Waals surface area contributed by atoms with Crippen molar-refractivity contribution in [2.75, 3.05) is 12.0 Å². The Hall–Kier alpha value is -3.06. The van der Waals surface area contributed by atoms with Gasteiger partial charge in [-0.15, -0.1) is 0 Å². The van der Waals surface area contributed by atoms with E-state index in [4.69, 9.17) is 4.98 Å². The number of hydrogen-bond donors (Lipinski definition) is 2. The second-order valence-corrected chi connectivity index (χ2v) is 8.57. The summed E-state index contributed by atoms with van der Waals surface area (Å²) in [5, 5.41) is 4.74. The zero-order valence-electron chi connectivity index (χ0n) is 16.6. The molecular weight excluding hydrogens is 396 g/mol. The van der Waals surface area contributed by atoms with E-state index < -0.39 is 6.04 Å². The van der Waals surface area contributed by atoms with E-state index >= 15 is 0 Å². The Morgan fingerprint density at radius 3 is 2.67 bits per heavy atom. The number of thioether (sulfide) groups is 1. The minimum absolute atomic E-state index is 0.127. The van der Waals surface area contributed by atoms with Crippen molar-refractivity contribution in [1.29, 1.82) is 0 Å². The Balaban J connectivity index is 1.66. The first-order chi connectivity index (χ1) is 14.7. The van der Waals surface area contributed by atoms with Gasteiger partial charge in [0.2, 0.25) is 5.91 Å². The lowest BCUT2D eigenvalue weighted by molar-refractivity contribution is -0.126. The number of nitrogens with zero attached hydrogens (tertiary/aromatic N) is 2. The van der Waals surface area contributed by atoms with Gasteiger partial charge in [-0.3, -0.25) is 14.2 Å². The number of amides is 1. The van der Waals surface area contributed by atoms with Crippen LogP contribution in [-0.4, -0.2) is 32.5 Å². The summed E-state index contributed by atoms with van der Waals surface area (Å²) in [5.41, 5.74) is 2.56. The van der Waals surface area contributed by atoms with Crippen molar-refractivity contribution in [1.82, 2.24) is 19.9 Å². The van der Waals surface area contributed by atoms with Gasteiger partial charge in [0, 0.05) is 23.5 Å². The number of H-pyrrole nitrogens is 1. The molecule has 6 nitrogen and oxygen atoms in total. The quantitative estimate of drug-likeness (QED) is 0.519. The Morgan fingerprint density at radius 1 is 1.07 bits per heavy atom. The predicted molar refractivity (Wildman–Crippen MR) is 121 cm³/mol. The first kappa shape index (κ1) is 18.9. The van der Waals surface area contributed by atoms with Crippen molar-refractivity contribution in [3.05, 3.63) is 76.5 Å². The minimum atomic E-state index is -0.630. The number of para-hydroxylation sites is 2. The third-order valence-corrected chi connectivity index (χ3v) is 6.42. The lowest BCUT2D eigenvalue weighted by atomic mass is 9.99. The lowest BCUT2D eigenvalue weighted by Gasteiger charge is -2.32. The Kier molecular flexibility index (Phi) is 4.83. The van der Waals surface area contributed by atoms with Crippen molar-refractivity contribution >= 4 is 39.5 Å². The maximum Gasteiger partial charge on any atom is 0.262 e. The second-order valence-electron chi connectivity index (χ2n) is 7.58. The molecule has 0 saturated carbocycles. The number of carbonyl (C=O) groups is 1. The molecule has 1 aliphatic heterocycles. The first-order valence-corrected chi connectivity index (χ1v) is 11.4. The van der Waals surface area contributed by atoms with E-state index in [-0.39, 0.29) is 17.5 Å². The van der Waals surface area contributed by atoms with E-state index in [0.717, 1.165) is 28.6 Å². The molecule has 2 atom stereocenters. The smallest absolute Gasteiger partial charge is 0.262 e.